The van der Waals surface area contributed by atoms with Crippen LogP contribution in [0.4, 0.5) is 4.79 Å². The van der Waals surface area contributed by atoms with Gasteiger partial charge in [0.2, 0.25) is 0 Å². The van der Waals surface area contributed by atoms with Crippen LogP contribution in [0.15, 0.2) is 24.3 Å². The molecule has 20 heavy (non-hydrogen) atoms. The summed E-state index contributed by atoms with van der Waals surface area (Å²) in [5, 5.41) is 3.06. The maximum absolute atomic E-state index is 12.2. The molecule has 0 spiro atoms. The summed E-state index contributed by atoms with van der Waals surface area (Å²) in [7, 11) is 0. The number of rotatable bonds is 4. The van der Waals surface area contributed by atoms with Crippen molar-refractivity contribution in [2.75, 3.05) is 31.2 Å². The number of carbonyl (C=O) groups excluding carboxylic acids is 1. The number of amides is 2. The van der Waals surface area contributed by atoms with E-state index in [4.69, 9.17) is 4.74 Å². The molecule has 1 aromatic carbocycles. The monoisotopic (exact) mass is 294 g/mol. The normalized spacial score (nSPS) is 16.6. The fourth-order valence-corrected chi connectivity index (χ4v) is 3.07. The van der Waals surface area contributed by atoms with Gasteiger partial charge in [0.1, 0.15) is 5.75 Å². The van der Waals surface area contributed by atoms with Crippen molar-refractivity contribution in [3.05, 3.63) is 29.8 Å². The summed E-state index contributed by atoms with van der Waals surface area (Å²) in [5.41, 5.74) is 1.07. The van der Waals surface area contributed by atoms with E-state index in [0.29, 0.717) is 6.61 Å². The third-order valence-corrected chi connectivity index (χ3v) is 4.25. The highest BCUT2D eigenvalue weighted by Crippen LogP contribution is 2.19. The van der Waals surface area contributed by atoms with E-state index in [1.54, 1.807) is 0 Å². The van der Waals surface area contributed by atoms with Crippen LogP contribution in [0, 0.1) is 0 Å². The zero-order valence-electron chi connectivity index (χ0n) is 12.1. The van der Waals surface area contributed by atoms with E-state index in [9.17, 15) is 4.79 Å². The maximum atomic E-state index is 12.2. The SMILES string of the molecule is CCOc1cccc([C@@H](C)NC(=O)N2CCSCC2)c1. The number of urea groups is 1. The molecule has 1 fully saturated rings. The van der Waals surface area contributed by atoms with Gasteiger partial charge in [-0.25, -0.2) is 4.79 Å². The zero-order chi connectivity index (χ0) is 14.4. The van der Waals surface area contributed by atoms with Crippen molar-refractivity contribution >= 4 is 17.8 Å². The Balaban J connectivity index is 1.94. The lowest BCUT2D eigenvalue weighted by atomic mass is 10.1. The maximum Gasteiger partial charge on any atom is 0.317 e. The fourth-order valence-electron chi connectivity index (χ4n) is 2.17. The molecule has 110 valence electrons. The molecule has 0 radical (unpaired) electrons. The highest BCUT2D eigenvalue weighted by atomic mass is 32.2. The number of hydrogen-bond donors (Lipinski definition) is 1. The number of nitrogens with zero attached hydrogens (tertiary/aromatic N) is 1. The van der Waals surface area contributed by atoms with Gasteiger partial charge in [0.05, 0.1) is 12.6 Å². The molecule has 1 saturated heterocycles. The second-order valence-corrected chi connectivity index (χ2v) is 6.00. The fraction of sp³-hybridized carbons (Fsp3) is 0.533. The number of nitrogens with one attached hydrogen (secondary N) is 1. The molecular formula is C15H22N2O2S. The Kier molecular flexibility index (Phi) is 5.59. The lowest BCUT2D eigenvalue weighted by Gasteiger charge is -2.28. The molecule has 0 aromatic heterocycles. The molecule has 0 aliphatic carbocycles. The molecule has 0 bridgehead atoms. The molecule has 5 heteroatoms. The van der Waals surface area contributed by atoms with Gasteiger partial charge in [-0.3, -0.25) is 0 Å². The van der Waals surface area contributed by atoms with Crippen LogP contribution in [0.2, 0.25) is 0 Å². The number of carbonyl (C=O) groups is 1. The van der Waals surface area contributed by atoms with Gasteiger partial charge in [0.25, 0.3) is 0 Å². The van der Waals surface area contributed by atoms with Gasteiger partial charge >= 0.3 is 6.03 Å². The first-order valence-electron chi connectivity index (χ1n) is 7.06. The van der Waals surface area contributed by atoms with E-state index >= 15 is 0 Å². The minimum atomic E-state index is -0.0162. The highest BCUT2D eigenvalue weighted by molar-refractivity contribution is 7.99. The molecule has 4 nitrogen and oxygen atoms in total. The Morgan fingerprint density at radius 3 is 2.90 bits per heavy atom. The van der Waals surface area contributed by atoms with Crippen LogP contribution in [0.3, 0.4) is 0 Å². The van der Waals surface area contributed by atoms with Crippen LogP contribution in [0.1, 0.15) is 25.5 Å². The molecule has 1 aliphatic heterocycles. The first-order valence-corrected chi connectivity index (χ1v) is 8.22. The van der Waals surface area contributed by atoms with Crippen molar-refractivity contribution in [2.45, 2.75) is 19.9 Å². The van der Waals surface area contributed by atoms with E-state index in [2.05, 4.69) is 5.32 Å². The Morgan fingerprint density at radius 2 is 2.20 bits per heavy atom. The third kappa shape index (κ3) is 4.07. The molecule has 2 amide bonds. The second kappa shape index (κ2) is 7.43. The Bertz CT molecular complexity index is 447. The van der Waals surface area contributed by atoms with Crippen molar-refractivity contribution in [1.82, 2.24) is 10.2 Å². The van der Waals surface area contributed by atoms with Crippen molar-refractivity contribution in [3.8, 4) is 5.75 Å². The van der Waals surface area contributed by atoms with Crippen molar-refractivity contribution in [2.24, 2.45) is 0 Å². The van der Waals surface area contributed by atoms with Crippen LogP contribution in [0.25, 0.3) is 0 Å². The van der Waals surface area contributed by atoms with Gasteiger partial charge in [0, 0.05) is 24.6 Å². The van der Waals surface area contributed by atoms with E-state index in [1.165, 1.54) is 0 Å². The Morgan fingerprint density at radius 1 is 1.45 bits per heavy atom. The lowest BCUT2D eigenvalue weighted by molar-refractivity contribution is 0.199. The van der Waals surface area contributed by atoms with Crippen LogP contribution < -0.4 is 10.1 Å². The minimum absolute atomic E-state index is 0.0162. The van der Waals surface area contributed by atoms with Crippen LogP contribution in [-0.4, -0.2) is 42.1 Å². The van der Waals surface area contributed by atoms with Crippen molar-refractivity contribution in [1.29, 1.82) is 0 Å². The molecular weight excluding hydrogens is 272 g/mol. The van der Waals surface area contributed by atoms with Crippen LogP contribution in [-0.2, 0) is 0 Å². The Hall–Kier alpha value is -1.36. The molecule has 1 aromatic rings. The standard InChI is InChI=1S/C15H22N2O2S/c1-3-19-14-6-4-5-13(11-14)12(2)16-15(18)17-7-9-20-10-8-17/h4-6,11-12H,3,7-10H2,1-2H3,(H,16,18)/t12-/m1/s1. The smallest absolute Gasteiger partial charge is 0.317 e. The van der Waals surface area contributed by atoms with Gasteiger partial charge in [-0.1, -0.05) is 12.1 Å². The van der Waals surface area contributed by atoms with Gasteiger partial charge in [-0.15, -0.1) is 0 Å². The zero-order valence-corrected chi connectivity index (χ0v) is 12.9. The third-order valence-electron chi connectivity index (χ3n) is 3.31. The molecule has 0 unspecified atom stereocenters. The highest BCUT2D eigenvalue weighted by Gasteiger charge is 2.18. The summed E-state index contributed by atoms with van der Waals surface area (Å²) in [5.74, 6) is 2.91. The van der Waals surface area contributed by atoms with Crippen LogP contribution >= 0.6 is 11.8 Å². The second-order valence-electron chi connectivity index (χ2n) is 4.78. The van der Waals surface area contributed by atoms with E-state index in [-0.39, 0.29) is 12.1 Å². The lowest BCUT2D eigenvalue weighted by Crippen LogP contribution is -2.45. The predicted octanol–water partition coefficient (Wildman–Crippen LogP) is 2.90. The molecule has 1 atom stereocenters. The number of benzene rings is 1. The average Bonchev–Trinajstić information content (AvgIpc) is 2.48. The minimum Gasteiger partial charge on any atom is -0.494 e. The van der Waals surface area contributed by atoms with Gasteiger partial charge < -0.3 is 15.0 Å². The molecule has 1 N–H and O–H groups in total. The Labute approximate surface area is 124 Å². The van der Waals surface area contributed by atoms with Gasteiger partial charge in [-0.2, -0.15) is 11.8 Å². The first kappa shape index (κ1) is 15.0. The van der Waals surface area contributed by atoms with E-state index in [1.807, 2.05) is 54.8 Å². The summed E-state index contributed by atoms with van der Waals surface area (Å²) >= 11 is 1.90. The quantitative estimate of drug-likeness (QED) is 0.928. The van der Waals surface area contributed by atoms with Gasteiger partial charge in [0.15, 0.2) is 0 Å². The number of ether oxygens (including phenoxy) is 1. The first-order chi connectivity index (χ1) is 9.70. The van der Waals surface area contributed by atoms with E-state index < -0.39 is 0 Å². The molecule has 2 rings (SSSR count). The molecule has 1 heterocycles. The summed E-state index contributed by atoms with van der Waals surface area (Å²) in [6.45, 7) is 6.29. The largest absolute Gasteiger partial charge is 0.494 e. The van der Waals surface area contributed by atoms with Crippen LogP contribution in [0.5, 0.6) is 5.75 Å². The summed E-state index contributed by atoms with van der Waals surface area (Å²) in [4.78, 5) is 14.1. The summed E-state index contributed by atoms with van der Waals surface area (Å²) in [6, 6.07) is 7.90. The average molecular weight is 294 g/mol. The predicted molar refractivity (Wildman–Crippen MR) is 83.5 cm³/mol. The number of thioether (sulfide) groups is 1. The topological polar surface area (TPSA) is 41.6 Å². The molecule has 1 aliphatic rings. The van der Waals surface area contributed by atoms with Crippen molar-refractivity contribution in [3.63, 3.8) is 0 Å². The van der Waals surface area contributed by atoms with Crippen molar-refractivity contribution < 1.29 is 9.53 Å². The van der Waals surface area contributed by atoms with Gasteiger partial charge in [-0.05, 0) is 31.5 Å². The number of hydrogen-bond acceptors (Lipinski definition) is 3. The summed E-state index contributed by atoms with van der Waals surface area (Å²) < 4.78 is 5.49. The summed E-state index contributed by atoms with van der Waals surface area (Å²) in [6.07, 6.45) is 0. The van der Waals surface area contributed by atoms with E-state index in [0.717, 1.165) is 35.9 Å². The molecule has 0 saturated carbocycles.